The number of benzene rings is 1. The normalized spacial score (nSPS) is 30.3. The van der Waals surface area contributed by atoms with E-state index in [1.807, 2.05) is 42.2 Å². The number of hydrogen-bond acceptors (Lipinski definition) is 4. The van der Waals surface area contributed by atoms with E-state index in [4.69, 9.17) is 0 Å². The van der Waals surface area contributed by atoms with E-state index in [1.54, 1.807) is 7.05 Å². The highest BCUT2D eigenvalue weighted by atomic mass is 19.3. The van der Waals surface area contributed by atoms with Crippen molar-refractivity contribution in [2.45, 2.75) is 101 Å². The standard InChI is InChI=1S/C29H40F2N4O3/c1-3-16-35-27(38)33(2)26(37)28(35)18-22-9-10-23(19-28)34(22)17-13-24(20-7-5-4-6-8-20)32-25(36)21-11-14-29(30,31)15-12-21/h4-8,21-24H,3,9-19H2,1-2H3,(H,32,36)/t22?,23?,24-,28?/m0/s1. The third kappa shape index (κ3) is 4.94. The molecule has 4 aliphatic rings. The van der Waals surface area contributed by atoms with Gasteiger partial charge in [-0.15, -0.1) is 0 Å². The van der Waals surface area contributed by atoms with E-state index in [0.717, 1.165) is 31.4 Å². The highest BCUT2D eigenvalue weighted by Crippen LogP contribution is 2.47. The van der Waals surface area contributed by atoms with Gasteiger partial charge in [0.25, 0.3) is 5.91 Å². The van der Waals surface area contributed by atoms with Crippen molar-refractivity contribution < 1.29 is 23.2 Å². The second kappa shape index (κ2) is 10.5. The van der Waals surface area contributed by atoms with Gasteiger partial charge in [-0.05, 0) is 56.9 Å². The summed E-state index contributed by atoms with van der Waals surface area (Å²) in [7, 11) is 1.59. The Morgan fingerprint density at radius 2 is 1.66 bits per heavy atom. The van der Waals surface area contributed by atoms with Crippen molar-refractivity contribution in [2.75, 3.05) is 20.1 Å². The smallest absolute Gasteiger partial charge is 0.327 e. The summed E-state index contributed by atoms with van der Waals surface area (Å²) in [5, 5.41) is 3.19. The summed E-state index contributed by atoms with van der Waals surface area (Å²) < 4.78 is 27.3. The average Bonchev–Trinajstić information content (AvgIpc) is 3.24. The lowest BCUT2D eigenvalue weighted by atomic mass is 9.81. The first-order chi connectivity index (χ1) is 18.1. The van der Waals surface area contributed by atoms with Crippen LogP contribution in [0, 0.1) is 5.92 Å². The van der Waals surface area contributed by atoms with Crippen LogP contribution in [0.5, 0.6) is 0 Å². The zero-order valence-electron chi connectivity index (χ0n) is 22.5. The summed E-state index contributed by atoms with van der Waals surface area (Å²) in [6.45, 7) is 3.38. The lowest BCUT2D eigenvalue weighted by Crippen LogP contribution is -2.60. The lowest BCUT2D eigenvalue weighted by molar-refractivity contribution is -0.136. The Hall–Kier alpha value is -2.55. The molecule has 3 atom stereocenters. The van der Waals surface area contributed by atoms with Gasteiger partial charge in [0.2, 0.25) is 11.8 Å². The van der Waals surface area contributed by atoms with Crippen molar-refractivity contribution in [1.29, 1.82) is 0 Å². The molecular weight excluding hydrogens is 490 g/mol. The Kier molecular flexibility index (Phi) is 7.50. The van der Waals surface area contributed by atoms with E-state index >= 15 is 0 Å². The molecule has 1 spiro atoms. The number of carbonyl (C=O) groups excluding carboxylic acids is 3. The summed E-state index contributed by atoms with van der Waals surface area (Å²) in [6, 6.07) is 9.87. The van der Waals surface area contributed by atoms with Crippen molar-refractivity contribution in [3.05, 3.63) is 35.9 Å². The van der Waals surface area contributed by atoms with Gasteiger partial charge in [-0.25, -0.2) is 13.6 Å². The van der Waals surface area contributed by atoms with Gasteiger partial charge in [-0.3, -0.25) is 19.4 Å². The molecule has 2 unspecified atom stereocenters. The largest absolute Gasteiger partial charge is 0.349 e. The number of fused-ring (bicyclic) bond motifs is 2. The van der Waals surface area contributed by atoms with Gasteiger partial charge >= 0.3 is 6.03 Å². The Bertz CT molecular complexity index is 1030. The molecule has 4 amide bonds. The van der Waals surface area contributed by atoms with Crippen LogP contribution in [0.1, 0.15) is 82.7 Å². The van der Waals surface area contributed by atoms with Crippen LogP contribution in [-0.4, -0.2) is 76.2 Å². The van der Waals surface area contributed by atoms with Gasteiger partial charge in [0, 0.05) is 51.0 Å². The summed E-state index contributed by atoms with van der Waals surface area (Å²) in [5.41, 5.74) is 0.274. The van der Waals surface area contributed by atoms with Gasteiger partial charge < -0.3 is 10.2 Å². The van der Waals surface area contributed by atoms with Crippen molar-refractivity contribution in [3.63, 3.8) is 0 Å². The number of rotatable bonds is 8. The predicted molar refractivity (Wildman–Crippen MR) is 139 cm³/mol. The first kappa shape index (κ1) is 27.0. The van der Waals surface area contributed by atoms with Crippen LogP contribution < -0.4 is 5.32 Å². The molecule has 3 saturated heterocycles. The molecule has 1 aliphatic carbocycles. The average molecular weight is 531 g/mol. The van der Waals surface area contributed by atoms with Gasteiger partial charge in [0.1, 0.15) is 5.54 Å². The number of piperidine rings is 1. The molecule has 7 nitrogen and oxygen atoms in total. The number of likely N-dealkylation sites (N-methyl/N-ethyl adjacent to an activating group) is 1. The molecule has 5 rings (SSSR count). The molecule has 3 aliphatic heterocycles. The number of amides is 4. The van der Waals surface area contributed by atoms with Gasteiger partial charge in [-0.2, -0.15) is 0 Å². The maximum atomic E-state index is 13.6. The number of alkyl halides is 2. The molecule has 3 heterocycles. The van der Waals surface area contributed by atoms with Crippen molar-refractivity contribution in [1.82, 2.24) is 20.0 Å². The number of imide groups is 1. The summed E-state index contributed by atoms with van der Waals surface area (Å²) in [6.07, 6.45) is 4.77. The third-order valence-electron chi connectivity index (χ3n) is 9.38. The SMILES string of the molecule is CCCN1C(=O)N(C)C(=O)C12CC1CCC(C2)N1CC[C@H](NC(=O)C1CCC(F)(F)CC1)c1ccccc1. The molecule has 1 N–H and O–H groups in total. The summed E-state index contributed by atoms with van der Waals surface area (Å²) in [5.74, 6) is -3.24. The number of halogens is 2. The number of hydrogen-bond donors (Lipinski definition) is 1. The van der Waals surface area contributed by atoms with Gasteiger partial charge in [-0.1, -0.05) is 37.3 Å². The molecule has 1 saturated carbocycles. The van der Waals surface area contributed by atoms with Crippen LogP contribution in [0.15, 0.2) is 30.3 Å². The molecule has 0 radical (unpaired) electrons. The third-order valence-corrected chi connectivity index (χ3v) is 9.38. The number of nitrogens with one attached hydrogen (secondary N) is 1. The van der Waals surface area contributed by atoms with Crippen LogP contribution >= 0.6 is 0 Å². The first-order valence-corrected chi connectivity index (χ1v) is 14.2. The molecule has 4 fully saturated rings. The molecule has 38 heavy (non-hydrogen) atoms. The van der Waals surface area contributed by atoms with E-state index in [0.29, 0.717) is 25.8 Å². The van der Waals surface area contributed by atoms with E-state index in [1.165, 1.54) is 4.90 Å². The van der Waals surface area contributed by atoms with Crippen LogP contribution in [0.3, 0.4) is 0 Å². The van der Waals surface area contributed by atoms with Crippen molar-refractivity contribution in [3.8, 4) is 0 Å². The van der Waals surface area contributed by atoms with Gasteiger partial charge in [0.05, 0.1) is 6.04 Å². The molecule has 2 bridgehead atoms. The minimum absolute atomic E-state index is 0.0695. The fourth-order valence-electron chi connectivity index (χ4n) is 7.37. The molecular formula is C29H40F2N4O3. The zero-order valence-corrected chi connectivity index (χ0v) is 22.5. The Balaban J connectivity index is 1.27. The Morgan fingerprint density at radius 3 is 2.26 bits per heavy atom. The first-order valence-electron chi connectivity index (χ1n) is 14.2. The van der Waals surface area contributed by atoms with E-state index in [2.05, 4.69) is 10.2 Å². The topological polar surface area (TPSA) is 73.0 Å². The Morgan fingerprint density at radius 1 is 1.03 bits per heavy atom. The maximum Gasteiger partial charge on any atom is 0.327 e. The number of urea groups is 1. The summed E-state index contributed by atoms with van der Waals surface area (Å²) >= 11 is 0. The fourth-order valence-corrected chi connectivity index (χ4v) is 7.37. The minimum atomic E-state index is -2.66. The number of carbonyl (C=O) groups is 3. The van der Waals surface area contributed by atoms with Crippen LogP contribution in [0.25, 0.3) is 0 Å². The van der Waals surface area contributed by atoms with Crippen LogP contribution in [0.2, 0.25) is 0 Å². The quantitative estimate of drug-likeness (QED) is 0.494. The monoisotopic (exact) mass is 530 g/mol. The van der Waals surface area contributed by atoms with E-state index < -0.39 is 11.5 Å². The second-order valence-electron chi connectivity index (χ2n) is 11.8. The Labute approximate surface area is 223 Å². The number of nitrogens with zero attached hydrogens (tertiary/aromatic N) is 3. The zero-order chi connectivity index (χ0) is 27.1. The van der Waals surface area contributed by atoms with Crippen LogP contribution in [-0.2, 0) is 9.59 Å². The lowest BCUT2D eigenvalue weighted by Gasteiger charge is -2.47. The van der Waals surface area contributed by atoms with Crippen molar-refractivity contribution >= 4 is 17.8 Å². The molecule has 1 aromatic carbocycles. The van der Waals surface area contributed by atoms with Gasteiger partial charge in [0.15, 0.2) is 0 Å². The molecule has 1 aromatic rings. The highest BCUT2D eigenvalue weighted by molar-refractivity contribution is 6.07. The predicted octanol–water partition coefficient (Wildman–Crippen LogP) is 4.73. The molecule has 9 heteroatoms. The van der Waals surface area contributed by atoms with E-state index in [9.17, 15) is 23.2 Å². The second-order valence-corrected chi connectivity index (χ2v) is 11.8. The highest BCUT2D eigenvalue weighted by Gasteiger charge is 2.61. The molecule has 208 valence electrons. The minimum Gasteiger partial charge on any atom is -0.349 e. The van der Waals surface area contributed by atoms with Crippen molar-refractivity contribution in [2.24, 2.45) is 5.92 Å². The fraction of sp³-hybridized carbons (Fsp3) is 0.690. The van der Waals surface area contributed by atoms with E-state index in [-0.39, 0.29) is 67.6 Å². The summed E-state index contributed by atoms with van der Waals surface area (Å²) in [4.78, 5) is 44.9. The molecule has 0 aromatic heterocycles. The maximum absolute atomic E-state index is 13.6. The van der Waals surface area contributed by atoms with Crippen LogP contribution in [0.4, 0.5) is 13.6 Å².